The second kappa shape index (κ2) is 9.80. The summed E-state index contributed by atoms with van der Waals surface area (Å²) in [7, 11) is 1.65. The molecule has 0 radical (unpaired) electrons. The third kappa shape index (κ3) is 4.82. The second-order valence-electron chi connectivity index (χ2n) is 9.28. The predicted octanol–water partition coefficient (Wildman–Crippen LogP) is 3.63. The third-order valence-electron chi connectivity index (χ3n) is 7.10. The first-order valence-corrected chi connectivity index (χ1v) is 12.0. The molecule has 0 aromatic heterocycles. The number of likely N-dealkylation sites (tertiary alicyclic amines) is 1. The van der Waals surface area contributed by atoms with Gasteiger partial charge in [-0.1, -0.05) is 32.1 Å². The molecule has 2 saturated heterocycles. The summed E-state index contributed by atoms with van der Waals surface area (Å²) in [5.41, 5.74) is 0.392. The Morgan fingerprint density at radius 3 is 2.00 bits per heavy atom. The van der Waals surface area contributed by atoms with Crippen molar-refractivity contribution in [2.24, 2.45) is 0 Å². The fraction of sp³-hybridized carbons (Fsp3) is 0.583. The van der Waals surface area contributed by atoms with Crippen molar-refractivity contribution in [2.75, 3.05) is 37.3 Å². The summed E-state index contributed by atoms with van der Waals surface area (Å²) in [6.07, 6.45) is 8.54. The maximum atomic E-state index is 13.0. The van der Waals surface area contributed by atoms with Crippen molar-refractivity contribution in [1.29, 1.82) is 0 Å². The first-order chi connectivity index (χ1) is 15.9. The van der Waals surface area contributed by atoms with Gasteiger partial charge in [0.25, 0.3) is 5.91 Å². The van der Waals surface area contributed by atoms with Crippen LogP contribution in [-0.4, -0.2) is 70.8 Å². The van der Waals surface area contributed by atoms with Gasteiger partial charge in [0.1, 0.15) is 12.1 Å². The van der Waals surface area contributed by atoms with Crippen LogP contribution in [0.3, 0.4) is 0 Å². The predicted molar refractivity (Wildman–Crippen MR) is 125 cm³/mol. The molecule has 6 amide bonds. The van der Waals surface area contributed by atoms with E-state index >= 15 is 0 Å². The monoisotopic (exact) mass is 455 g/mol. The average Bonchev–Trinajstić information content (AvgIpc) is 3.05. The van der Waals surface area contributed by atoms with E-state index in [4.69, 9.17) is 0 Å². The van der Waals surface area contributed by atoms with Crippen molar-refractivity contribution >= 4 is 35.3 Å². The number of nitrogens with zero attached hydrogens (tertiary/aromatic N) is 3. The Labute approximate surface area is 194 Å². The summed E-state index contributed by atoms with van der Waals surface area (Å²) < 4.78 is 0. The summed E-state index contributed by atoms with van der Waals surface area (Å²) in [6, 6.07) is 6.31. The number of anilines is 2. The fourth-order valence-corrected chi connectivity index (χ4v) is 5.13. The van der Waals surface area contributed by atoms with Gasteiger partial charge in [0.2, 0.25) is 5.91 Å². The van der Waals surface area contributed by atoms with Crippen LogP contribution in [0.2, 0.25) is 0 Å². The smallest absolute Gasteiger partial charge is 0.325 e. The number of likely N-dealkylation sites (N-methyl/N-ethyl adjacent to an activating group) is 1. The molecule has 9 heteroatoms. The number of benzene rings is 1. The van der Waals surface area contributed by atoms with Crippen LogP contribution in [0.4, 0.5) is 21.0 Å². The van der Waals surface area contributed by atoms with E-state index in [1.165, 1.54) is 4.90 Å². The van der Waals surface area contributed by atoms with Gasteiger partial charge < -0.3 is 20.4 Å². The molecule has 2 N–H and O–H groups in total. The highest BCUT2D eigenvalue weighted by Crippen LogP contribution is 2.39. The number of urea groups is 2. The zero-order valence-electron chi connectivity index (χ0n) is 19.3. The van der Waals surface area contributed by atoms with Crippen molar-refractivity contribution in [1.82, 2.24) is 14.7 Å². The van der Waals surface area contributed by atoms with Crippen LogP contribution in [0.5, 0.6) is 0 Å². The molecule has 1 aliphatic carbocycles. The molecule has 9 nitrogen and oxygen atoms in total. The number of imide groups is 1. The minimum absolute atomic E-state index is 0.111. The Bertz CT molecular complexity index is 902. The Morgan fingerprint density at radius 1 is 0.848 bits per heavy atom. The molecule has 4 rings (SSSR count). The number of carbonyl (C=O) groups excluding carboxylic acids is 4. The van der Waals surface area contributed by atoms with Gasteiger partial charge in [-0.05, 0) is 49.9 Å². The maximum absolute atomic E-state index is 13.0. The Morgan fingerprint density at radius 2 is 1.39 bits per heavy atom. The molecule has 3 fully saturated rings. The molecule has 1 spiro atoms. The number of rotatable bonds is 4. The summed E-state index contributed by atoms with van der Waals surface area (Å²) in [6.45, 7) is 1.23. The number of hydrogen-bond acceptors (Lipinski definition) is 4. The first kappa shape index (κ1) is 23.1. The molecule has 1 aromatic carbocycles. The lowest BCUT2D eigenvalue weighted by molar-refractivity contribution is -0.136. The topological polar surface area (TPSA) is 102 Å². The van der Waals surface area contributed by atoms with E-state index in [-0.39, 0.29) is 18.5 Å². The lowest BCUT2D eigenvalue weighted by atomic mass is 9.81. The van der Waals surface area contributed by atoms with Gasteiger partial charge in [0, 0.05) is 31.5 Å². The van der Waals surface area contributed by atoms with E-state index in [9.17, 15) is 19.2 Å². The van der Waals surface area contributed by atoms with Crippen LogP contribution in [0.15, 0.2) is 24.3 Å². The van der Waals surface area contributed by atoms with Gasteiger partial charge in [0.05, 0.1) is 0 Å². The molecule has 1 aromatic rings. The van der Waals surface area contributed by atoms with E-state index in [0.29, 0.717) is 24.2 Å². The highest BCUT2D eigenvalue weighted by atomic mass is 16.2. The molecule has 3 aliphatic rings. The number of amides is 6. The molecular formula is C24H33N5O4. The van der Waals surface area contributed by atoms with Gasteiger partial charge in [-0.2, -0.15) is 0 Å². The summed E-state index contributed by atoms with van der Waals surface area (Å²) in [5.74, 6) is -0.698. The Balaban J connectivity index is 1.32. The molecule has 1 saturated carbocycles. The number of hydrogen-bond donors (Lipinski definition) is 2. The standard InChI is InChI=1S/C24H33N5O4/c1-27-23(33)29(21(31)24(27)13-5-4-6-14-24)17-20(30)25-18-9-11-19(12-10-18)26-22(32)28-15-7-2-3-8-16-28/h9-12H,2-8,13-17H2,1H3,(H,25,30)(H,26,32). The van der Waals surface area contributed by atoms with Gasteiger partial charge in [-0.25, -0.2) is 9.59 Å². The van der Waals surface area contributed by atoms with Crippen LogP contribution >= 0.6 is 0 Å². The van der Waals surface area contributed by atoms with Crippen molar-refractivity contribution in [3.05, 3.63) is 24.3 Å². The van der Waals surface area contributed by atoms with Gasteiger partial charge in [-0.15, -0.1) is 0 Å². The summed E-state index contributed by atoms with van der Waals surface area (Å²) in [5, 5.41) is 5.64. The Kier molecular flexibility index (Phi) is 6.85. The SMILES string of the molecule is CN1C(=O)N(CC(=O)Nc2ccc(NC(=O)N3CCCCCC3)cc2)C(=O)C12CCCCC2. The van der Waals surface area contributed by atoms with Crippen molar-refractivity contribution in [2.45, 2.75) is 63.3 Å². The molecule has 178 valence electrons. The van der Waals surface area contributed by atoms with E-state index in [1.807, 2.05) is 4.90 Å². The van der Waals surface area contributed by atoms with Crippen molar-refractivity contribution in [3.63, 3.8) is 0 Å². The molecule has 33 heavy (non-hydrogen) atoms. The van der Waals surface area contributed by atoms with Gasteiger partial charge in [-0.3, -0.25) is 14.5 Å². The molecule has 2 aliphatic heterocycles. The van der Waals surface area contributed by atoms with Gasteiger partial charge >= 0.3 is 12.1 Å². The van der Waals surface area contributed by atoms with E-state index in [0.717, 1.165) is 62.9 Å². The quantitative estimate of drug-likeness (QED) is 0.677. The number of carbonyl (C=O) groups is 4. The molecule has 0 unspecified atom stereocenters. The minimum Gasteiger partial charge on any atom is -0.325 e. The fourth-order valence-electron chi connectivity index (χ4n) is 5.13. The molecular weight excluding hydrogens is 422 g/mol. The first-order valence-electron chi connectivity index (χ1n) is 12.0. The minimum atomic E-state index is -0.789. The highest BCUT2D eigenvalue weighted by molar-refractivity contribution is 6.10. The molecule has 0 bridgehead atoms. The summed E-state index contributed by atoms with van der Waals surface area (Å²) >= 11 is 0. The summed E-state index contributed by atoms with van der Waals surface area (Å²) in [4.78, 5) is 55.2. The van der Waals surface area contributed by atoms with Crippen LogP contribution in [-0.2, 0) is 9.59 Å². The van der Waals surface area contributed by atoms with Crippen LogP contribution in [0, 0.1) is 0 Å². The average molecular weight is 456 g/mol. The van der Waals surface area contributed by atoms with Gasteiger partial charge in [0.15, 0.2) is 0 Å². The van der Waals surface area contributed by atoms with Crippen LogP contribution < -0.4 is 10.6 Å². The van der Waals surface area contributed by atoms with E-state index in [1.54, 1.807) is 31.3 Å². The largest absolute Gasteiger partial charge is 0.327 e. The van der Waals surface area contributed by atoms with E-state index in [2.05, 4.69) is 10.6 Å². The Hall–Kier alpha value is -3.10. The van der Waals surface area contributed by atoms with Crippen LogP contribution in [0.25, 0.3) is 0 Å². The normalized spacial score (nSPS) is 20.7. The lowest BCUT2D eigenvalue weighted by Crippen LogP contribution is -2.49. The molecule has 0 atom stereocenters. The highest BCUT2D eigenvalue weighted by Gasteiger charge is 2.55. The molecule has 2 heterocycles. The third-order valence-corrected chi connectivity index (χ3v) is 7.10. The van der Waals surface area contributed by atoms with Crippen molar-refractivity contribution < 1.29 is 19.2 Å². The van der Waals surface area contributed by atoms with E-state index < -0.39 is 17.5 Å². The second-order valence-corrected chi connectivity index (χ2v) is 9.28. The number of nitrogens with one attached hydrogen (secondary N) is 2. The maximum Gasteiger partial charge on any atom is 0.327 e. The van der Waals surface area contributed by atoms with Crippen LogP contribution in [0.1, 0.15) is 57.8 Å². The zero-order valence-corrected chi connectivity index (χ0v) is 19.3. The van der Waals surface area contributed by atoms with Crippen molar-refractivity contribution in [3.8, 4) is 0 Å². The lowest BCUT2D eigenvalue weighted by Gasteiger charge is -2.35. The zero-order chi connectivity index (χ0) is 23.4.